The molecule has 0 aromatic carbocycles. The highest BCUT2D eigenvalue weighted by atomic mass is 35.5. The average molecular weight is 276 g/mol. The Morgan fingerprint density at radius 3 is 2.64 bits per heavy atom. The van der Waals surface area contributed by atoms with Gasteiger partial charge in [0.15, 0.2) is 0 Å². The number of halogens is 3. The molecule has 3 nitrogen and oxygen atoms in total. The maximum absolute atomic E-state index is 11.3. The van der Waals surface area contributed by atoms with Crippen molar-refractivity contribution in [2.75, 3.05) is 13.1 Å². The molecule has 0 saturated heterocycles. The third-order valence-electron chi connectivity index (χ3n) is 1.33. The molecule has 14 heavy (non-hydrogen) atoms. The molecule has 0 atom stereocenters. The van der Waals surface area contributed by atoms with E-state index in [0.717, 1.165) is 0 Å². The number of rotatable bonds is 3. The molecule has 3 N–H and O–H groups in total. The van der Waals surface area contributed by atoms with Crippen molar-refractivity contribution in [3.63, 3.8) is 0 Å². The molecule has 1 aromatic heterocycles. The summed E-state index contributed by atoms with van der Waals surface area (Å²) in [6.45, 7) is 0.837. The minimum absolute atomic E-state index is 0. The van der Waals surface area contributed by atoms with E-state index >= 15 is 0 Å². The Bertz CT molecular complexity index is 316. The molecule has 0 aliphatic carbocycles. The molecule has 0 aliphatic rings. The van der Waals surface area contributed by atoms with Crippen LogP contribution in [0.15, 0.2) is 6.07 Å². The van der Waals surface area contributed by atoms with E-state index in [2.05, 4.69) is 5.32 Å². The fourth-order valence-corrected chi connectivity index (χ4v) is 2.23. The minimum Gasteiger partial charge on any atom is -0.351 e. The van der Waals surface area contributed by atoms with Gasteiger partial charge in [-0.3, -0.25) is 4.79 Å². The smallest absolute Gasteiger partial charge is 0.253 e. The van der Waals surface area contributed by atoms with Crippen LogP contribution >= 0.6 is 46.9 Å². The van der Waals surface area contributed by atoms with Gasteiger partial charge in [0.1, 0.15) is 4.34 Å². The van der Waals surface area contributed by atoms with Gasteiger partial charge in [0.05, 0.1) is 9.90 Å². The quantitative estimate of drug-likeness (QED) is 0.888. The molecule has 0 bridgehead atoms. The maximum Gasteiger partial charge on any atom is 0.253 e. The van der Waals surface area contributed by atoms with Crippen LogP contribution in [0.3, 0.4) is 0 Å². The van der Waals surface area contributed by atoms with Crippen LogP contribution in [-0.2, 0) is 0 Å². The van der Waals surface area contributed by atoms with Gasteiger partial charge in [-0.15, -0.1) is 23.7 Å². The monoisotopic (exact) mass is 274 g/mol. The van der Waals surface area contributed by atoms with Crippen molar-refractivity contribution in [3.8, 4) is 0 Å². The number of amides is 1. The summed E-state index contributed by atoms with van der Waals surface area (Å²) in [7, 11) is 0. The first-order valence-electron chi connectivity index (χ1n) is 3.58. The highest BCUT2D eigenvalue weighted by molar-refractivity contribution is 7.20. The number of carbonyl (C=O) groups is 1. The zero-order valence-electron chi connectivity index (χ0n) is 7.05. The zero-order valence-corrected chi connectivity index (χ0v) is 10.2. The van der Waals surface area contributed by atoms with Crippen LogP contribution in [0.25, 0.3) is 0 Å². The summed E-state index contributed by atoms with van der Waals surface area (Å²) in [5, 5.41) is 2.60. The summed E-state index contributed by atoms with van der Waals surface area (Å²) < 4.78 is 0.905. The van der Waals surface area contributed by atoms with Crippen LogP contribution < -0.4 is 11.1 Å². The van der Waals surface area contributed by atoms with Gasteiger partial charge in [-0.1, -0.05) is 23.2 Å². The molecule has 1 amide bonds. The number of carbonyl (C=O) groups excluding carboxylic acids is 1. The lowest BCUT2D eigenvalue weighted by molar-refractivity contribution is 0.0955. The Labute approximate surface area is 102 Å². The first kappa shape index (κ1) is 14.0. The Hall–Kier alpha value is -0.0000000000000000555. The van der Waals surface area contributed by atoms with E-state index in [9.17, 15) is 4.79 Å². The SMILES string of the molecule is Cl.NCCNC(=O)c1cc(Cl)sc1Cl. The normalized spacial score (nSPS) is 9.36. The second kappa shape index (κ2) is 6.48. The summed E-state index contributed by atoms with van der Waals surface area (Å²) >= 11 is 12.6. The fourth-order valence-electron chi connectivity index (χ4n) is 0.776. The van der Waals surface area contributed by atoms with Crippen molar-refractivity contribution >= 4 is 52.9 Å². The second-order valence-corrected chi connectivity index (χ2v) is 4.57. The van der Waals surface area contributed by atoms with Crippen LogP contribution in [0, 0.1) is 0 Å². The average Bonchev–Trinajstić information content (AvgIpc) is 2.41. The third kappa shape index (κ3) is 3.63. The number of nitrogens with two attached hydrogens (primary N) is 1. The van der Waals surface area contributed by atoms with Gasteiger partial charge in [-0.25, -0.2) is 0 Å². The molecule has 1 aromatic rings. The summed E-state index contributed by atoms with van der Waals surface area (Å²) in [5.74, 6) is -0.237. The molecule has 0 unspecified atom stereocenters. The summed E-state index contributed by atoms with van der Waals surface area (Å²) in [6, 6.07) is 1.54. The zero-order chi connectivity index (χ0) is 9.84. The molecule has 0 spiro atoms. The van der Waals surface area contributed by atoms with Crippen LogP contribution in [0.1, 0.15) is 10.4 Å². The fraction of sp³-hybridized carbons (Fsp3) is 0.286. The first-order chi connectivity index (χ1) is 6.15. The first-order valence-corrected chi connectivity index (χ1v) is 5.15. The highest BCUT2D eigenvalue weighted by Gasteiger charge is 2.12. The Kier molecular flexibility index (Phi) is 6.48. The predicted molar refractivity (Wildman–Crippen MR) is 63.0 cm³/mol. The van der Waals surface area contributed by atoms with Gasteiger partial charge < -0.3 is 11.1 Å². The molecule has 0 radical (unpaired) electrons. The molecule has 1 rings (SSSR count). The van der Waals surface area contributed by atoms with Crippen LogP contribution in [0.5, 0.6) is 0 Å². The summed E-state index contributed by atoms with van der Waals surface area (Å²) in [6.07, 6.45) is 0. The van der Waals surface area contributed by atoms with Crippen molar-refractivity contribution in [2.24, 2.45) is 5.73 Å². The predicted octanol–water partition coefficient (Wildman–Crippen LogP) is 2.17. The molecule has 1 heterocycles. The number of hydrogen-bond acceptors (Lipinski definition) is 3. The molecule has 80 valence electrons. The maximum atomic E-state index is 11.3. The molecular formula is C7H9Cl3N2OS. The van der Waals surface area contributed by atoms with Crippen molar-refractivity contribution in [1.82, 2.24) is 5.32 Å². The lowest BCUT2D eigenvalue weighted by atomic mass is 10.3. The summed E-state index contributed by atoms with van der Waals surface area (Å²) in [5.41, 5.74) is 5.63. The van der Waals surface area contributed by atoms with Crippen molar-refractivity contribution in [2.45, 2.75) is 0 Å². The van der Waals surface area contributed by atoms with E-state index < -0.39 is 0 Å². The molecule has 7 heteroatoms. The van der Waals surface area contributed by atoms with Gasteiger partial charge in [-0.05, 0) is 6.07 Å². The number of nitrogens with one attached hydrogen (secondary N) is 1. The van der Waals surface area contributed by atoms with E-state index in [1.54, 1.807) is 6.07 Å². The van der Waals surface area contributed by atoms with Gasteiger partial charge in [0, 0.05) is 13.1 Å². The lowest BCUT2D eigenvalue weighted by Gasteiger charge is -2.00. The second-order valence-electron chi connectivity index (χ2n) is 2.28. The topological polar surface area (TPSA) is 55.1 Å². The van der Waals surface area contributed by atoms with E-state index in [4.69, 9.17) is 28.9 Å². The van der Waals surface area contributed by atoms with Gasteiger partial charge in [-0.2, -0.15) is 0 Å². The minimum atomic E-state index is -0.237. The van der Waals surface area contributed by atoms with Gasteiger partial charge in [0.25, 0.3) is 5.91 Å². The van der Waals surface area contributed by atoms with Gasteiger partial charge in [0.2, 0.25) is 0 Å². The van der Waals surface area contributed by atoms with Crippen molar-refractivity contribution in [1.29, 1.82) is 0 Å². The molecule has 0 aliphatic heterocycles. The Morgan fingerprint density at radius 1 is 1.57 bits per heavy atom. The Balaban J connectivity index is 0.00000169. The van der Waals surface area contributed by atoms with E-state index in [1.165, 1.54) is 11.3 Å². The van der Waals surface area contributed by atoms with Crippen molar-refractivity contribution < 1.29 is 4.79 Å². The third-order valence-corrected chi connectivity index (χ3v) is 2.82. The van der Waals surface area contributed by atoms with Crippen LogP contribution in [-0.4, -0.2) is 19.0 Å². The van der Waals surface area contributed by atoms with E-state index in [1.807, 2.05) is 0 Å². The molecule has 0 fully saturated rings. The van der Waals surface area contributed by atoms with Gasteiger partial charge >= 0.3 is 0 Å². The van der Waals surface area contributed by atoms with E-state index in [0.29, 0.717) is 27.3 Å². The number of thiophene rings is 1. The molecule has 0 saturated carbocycles. The molecular weight excluding hydrogens is 267 g/mol. The van der Waals surface area contributed by atoms with Crippen LogP contribution in [0.4, 0.5) is 0 Å². The lowest BCUT2D eigenvalue weighted by Crippen LogP contribution is -2.28. The van der Waals surface area contributed by atoms with Crippen LogP contribution in [0.2, 0.25) is 8.67 Å². The largest absolute Gasteiger partial charge is 0.351 e. The Morgan fingerprint density at radius 2 is 2.21 bits per heavy atom. The standard InChI is InChI=1S/C7H8Cl2N2OS.ClH/c8-5-3-4(6(9)13-5)7(12)11-2-1-10;/h3H,1-2,10H2,(H,11,12);1H. The summed E-state index contributed by atoms with van der Waals surface area (Å²) in [4.78, 5) is 11.3. The van der Waals surface area contributed by atoms with Crippen molar-refractivity contribution in [3.05, 3.63) is 20.3 Å². The van der Waals surface area contributed by atoms with E-state index in [-0.39, 0.29) is 18.3 Å². The highest BCUT2D eigenvalue weighted by Crippen LogP contribution is 2.30. The number of hydrogen-bond donors (Lipinski definition) is 2.